The summed E-state index contributed by atoms with van der Waals surface area (Å²) >= 11 is 3.43. The molecule has 4 aromatic rings. The molecule has 1 heterocycles. The zero-order valence-corrected chi connectivity index (χ0v) is 15.0. The number of benzene rings is 3. The lowest BCUT2D eigenvalue weighted by atomic mass is 10.1. The highest BCUT2D eigenvalue weighted by Gasteiger charge is 2.10. The Bertz CT molecular complexity index is 1120. The Balaban J connectivity index is 1.70. The van der Waals surface area contributed by atoms with Crippen molar-refractivity contribution in [3.8, 4) is 0 Å². The number of rotatable bonds is 2. The summed E-state index contributed by atoms with van der Waals surface area (Å²) in [6.45, 7) is 1.96. The first-order chi connectivity index (χ1) is 12.1. The molecular formula is C20H14BrN3O. The van der Waals surface area contributed by atoms with Crippen LogP contribution in [-0.4, -0.2) is 15.9 Å². The van der Waals surface area contributed by atoms with Crippen molar-refractivity contribution in [2.75, 3.05) is 5.32 Å². The minimum Gasteiger partial charge on any atom is -0.322 e. The van der Waals surface area contributed by atoms with Crippen molar-refractivity contribution in [1.82, 2.24) is 9.97 Å². The quantitative estimate of drug-likeness (QED) is 0.483. The van der Waals surface area contributed by atoms with E-state index >= 15 is 0 Å². The standard InChI is InChI=1S/C20H14BrN3O/c1-12-10-14(21)7-9-15(12)24-20(25)13-6-8-18-19(11-13)23-17-5-3-2-4-16(17)22-18/h2-11H,1H3,(H,24,25). The molecule has 0 unspecified atom stereocenters. The zero-order chi connectivity index (χ0) is 17.4. The molecule has 0 saturated heterocycles. The van der Waals surface area contributed by atoms with Gasteiger partial charge in [-0.25, -0.2) is 9.97 Å². The first-order valence-electron chi connectivity index (χ1n) is 7.84. The van der Waals surface area contributed by atoms with E-state index in [2.05, 4.69) is 31.2 Å². The lowest BCUT2D eigenvalue weighted by Gasteiger charge is -2.09. The smallest absolute Gasteiger partial charge is 0.255 e. The molecule has 0 bridgehead atoms. The van der Waals surface area contributed by atoms with E-state index in [1.807, 2.05) is 55.5 Å². The minimum atomic E-state index is -0.165. The fraction of sp³-hybridized carbons (Fsp3) is 0.0500. The SMILES string of the molecule is Cc1cc(Br)ccc1NC(=O)c1ccc2nc3ccccc3nc2c1. The normalized spacial score (nSPS) is 11.0. The Hall–Kier alpha value is -2.79. The molecule has 1 amide bonds. The van der Waals surface area contributed by atoms with Gasteiger partial charge in [0, 0.05) is 15.7 Å². The summed E-state index contributed by atoms with van der Waals surface area (Å²) < 4.78 is 0.982. The lowest BCUT2D eigenvalue weighted by molar-refractivity contribution is 0.102. The topological polar surface area (TPSA) is 54.9 Å². The second-order valence-electron chi connectivity index (χ2n) is 5.83. The molecule has 1 aromatic heterocycles. The number of fused-ring (bicyclic) bond motifs is 2. The highest BCUT2D eigenvalue weighted by atomic mass is 79.9. The Morgan fingerprint density at radius 1 is 0.880 bits per heavy atom. The number of aromatic nitrogens is 2. The van der Waals surface area contributed by atoms with Crippen LogP contribution in [0.15, 0.2) is 65.1 Å². The van der Waals surface area contributed by atoms with Crippen molar-refractivity contribution in [2.45, 2.75) is 6.92 Å². The van der Waals surface area contributed by atoms with Crippen LogP contribution in [0.4, 0.5) is 5.69 Å². The number of hydrogen-bond acceptors (Lipinski definition) is 3. The van der Waals surface area contributed by atoms with Crippen LogP contribution in [0, 0.1) is 6.92 Å². The van der Waals surface area contributed by atoms with Gasteiger partial charge >= 0.3 is 0 Å². The van der Waals surface area contributed by atoms with Crippen LogP contribution in [0.3, 0.4) is 0 Å². The largest absolute Gasteiger partial charge is 0.322 e. The Morgan fingerprint density at radius 3 is 2.28 bits per heavy atom. The maximum atomic E-state index is 12.6. The van der Waals surface area contributed by atoms with Crippen molar-refractivity contribution in [3.05, 3.63) is 76.3 Å². The second kappa shape index (κ2) is 6.26. The lowest BCUT2D eigenvalue weighted by Crippen LogP contribution is -2.12. The van der Waals surface area contributed by atoms with Crippen LogP contribution in [-0.2, 0) is 0 Å². The molecule has 0 aliphatic rings. The van der Waals surface area contributed by atoms with Crippen molar-refractivity contribution < 1.29 is 4.79 Å². The van der Waals surface area contributed by atoms with E-state index in [1.165, 1.54) is 0 Å². The number of carbonyl (C=O) groups is 1. The average Bonchev–Trinajstić information content (AvgIpc) is 2.61. The summed E-state index contributed by atoms with van der Waals surface area (Å²) in [4.78, 5) is 21.8. The van der Waals surface area contributed by atoms with Crippen molar-refractivity contribution in [3.63, 3.8) is 0 Å². The molecule has 0 spiro atoms. The third kappa shape index (κ3) is 3.10. The van der Waals surface area contributed by atoms with E-state index in [9.17, 15) is 4.79 Å². The number of nitrogens with zero attached hydrogens (tertiary/aromatic N) is 2. The molecule has 0 aliphatic carbocycles. The first kappa shape index (κ1) is 15.7. The number of hydrogen-bond donors (Lipinski definition) is 1. The summed E-state index contributed by atoms with van der Waals surface area (Å²) in [5, 5.41) is 2.95. The van der Waals surface area contributed by atoms with Crippen LogP contribution >= 0.6 is 15.9 Å². The fourth-order valence-electron chi connectivity index (χ4n) is 2.72. The van der Waals surface area contributed by atoms with E-state index in [1.54, 1.807) is 12.1 Å². The molecule has 0 fully saturated rings. The summed E-state index contributed by atoms with van der Waals surface area (Å²) in [6.07, 6.45) is 0. The van der Waals surface area contributed by atoms with E-state index in [4.69, 9.17) is 0 Å². The monoisotopic (exact) mass is 391 g/mol. The predicted molar refractivity (Wildman–Crippen MR) is 104 cm³/mol. The average molecular weight is 392 g/mol. The highest BCUT2D eigenvalue weighted by Crippen LogP contribution is 2.22. The van der Waals surface area contributed by atoms with Gasteiger partial charge in [-0.15, -0.1) is 0 Å². The van der Waals surface area contributed by atoms with Crippen molar-refractivity contribution in [2.24, 2.45) is 0 Å². The Labute approximate surface area is 153 Å². The van der Waals surface area contributed by atoms with Crippen LogP contribution in [0.5, 0.6) is 0 Å². The van der Waals surface area contributed by atoms with Crippen LogP contribution in [0.1, 0.15) is 15.9 Å². The van der Waals surface area contributed by atoms with Crippen LogP contribution < -0.4 is 5.32 Å². The van der Waals surface area contributed by atoms with Crippen molar-refractivity contribution >= 4 is 49.6 Å². The number of amides is 1. The predicted octanol–water partition coefficient (Wildman–Crippen LogP) is 5.11. The van der Waals surface area contributed by atoms with Crippen LogP contribution in [0.2, 0.25) is 0 Å². The summed E-state index contributed by atoms with van der Waals surface area (Å²) in [5.74, 6) is -0.165. The number of nitrogens with one attached hydrogen (secondary N) is 1. The third-order valence-electron chi connectivity index (χ3n) is 4.04. The number of anilines is 1. The maximum absolute atomic E-state index is 12.6. The molecule has 4 nitrogen and oxygen atoms in total. The molecule has 0 radical (unpaired) electrons. The highest BCUT2D eigenvalue weighted by molar-refractivity contribution is 9.10. The molecule has 3 aromatic carbocycles. The van der Waals surface area contributed by atoms with Gasteiger partial charge in [0.2, 0.25) is 0 Å². The molecule has 25 heavy (non-hydrogen) atoms. The van der Waals surface area contributed by atoms with Gasteiger partial charge in [0.05, 0.1) is 22.1 Å². The number of aryl methyl sites for hydroxylation is 1. The second-order valence-corrected chi connectivity index (χ2v) is 6.74. The van der Waals surface area contributed by atoms with Gasteiger partial charge in [0.1, 0.15) is 0 Å². The van der Waals surface area contributed by atoms with Gasteiger partial charge in [-0.05, 0) is 61.0 Å². The number of para-hydroxylation sites is 2. The molecule has 0 saturated carbocycles. The minimum absolute atomic E-state index is 0.165. The summed E-state index contributed by atoms with van der Waals surface area (Å²) in [7, 11) is 0. The number of carbonyl (C=O) groups excluding carboxylic acids is 1. The van der Waals surface area contributed by atoms with Gasteiger partial charge in [-0.1, -0.05) is 28.1 Å². The number of halogens is 1. The Morgan fingerprint density at radius 2 is 1.56 bits per heavy atom. The molecule has 4 rings (SSSR count). The zero-order valence-electron chi connectivity index (χ0n) is 13.5. The molecular weight excluding hydrogens is 378 g/mol. The van der Waals surface area contributed by atoms with E-state index in [0.29, 0.717) is 11.1 Å². The van der Waals surface area contributed by atoms with Gasteiger partial charge in [-0.3, -0.25) is 4.79 Å². The van der Waals surface area contributed by atoms with Gasteiger partial charge in [0.15, 0.2) is 0 Å². The van der Waals surface area contributed by atoms with Gasteiger partial charge in [-0.2, -0.15) is 0 Å². The first-order valence-corrected chi connectivity index (χ1v) is 8.63. The van der Waals surface area contributed by atoms with Gasteiger partial charge < -0.3 is 5.32 Å². The maximum Gasteiger partial charge on any atom is 0.255 e. The third-order valence-corrected chi connectivity index (χ3v) is 4.53. The van der Waals surface area contributed by atoms with Crippen molar-refractivity contribution in [1.29, 1.82) is 0 Å². The van der Waals surface area contributed by atoms with Crippen LogP contribution in [0.25, 0.3) is 22.1 Å². The summed E-state index contributed by atoms with van der Waals surface area (Å²) in [6, 6.07) is 18.8. The van der Waals surface area contributed by atoms with E-state index < -0.39 is 0 Å². The molecule has 122 valence electrons. The van der Waals surface area contributed by atoms with E-state index in [-0.39, 0.29) is 5.91 Å². The van der Waals surface area contributed by atoms with Gasteiger partial charge in [0.25, 0.3) is 5.91 Å². The molecule has 0 aliphatic heterocycles. The van der Waals surface area contributed by atoms with E-state index in [0.717, 1.165) is 32.3 Å². The Kier molecular flexibility index (Phi) is 3.93. The summed E-state index contributed by atoms with van der Waals surface area (Å²) in [5.41, 5.74) is 5.48. The molecule has 5 heteroatoms. The molecule has 1 N–H and O–H groups in total. The molecule has 0 atom stereocenters. The fourth-order valence-corrected chi connectivity index (χ4v) is 3.20.